The summed E-state index contributed by atoms with van der Waals surface area (Å²) in [6, 6.07) is 18.9. The number of methoxy groups -OCH3 is 1. The first-order valence-corrected chi connectivity index (χ1v) is 14.6. The Morgan fingerprint density at radius 2 is 1.52 bits per heavy atom. The Morgan fingerprint density at radius 1 is 0.950 bits per heavy atom. The Balaban J connectivity index is 2.03. The van der Waals surface area contributed by atoms with Crippen molar-refractivity contribution in [3.05, 3.63) is 88.9 Å². The maximum atomic E-state index is 13.9. The highest BCUT2D eigenvalue weighted by molar-refractivity contribution is 7.92. The Bertz CT molecular complexity index is 1420. The van der Waals surface area contributed by atoms with Crippen LogP contribution in [0.1, 0.15) is 38.8 Å². The second kappa shape index (κ2) is 12.7. The number of sulfonamides is 1. The van der Waals surface area contributed by atoms with Crippen LogP contribution < -0.4 is 14.4 Å². The van der Waals surface area contributed by atoms with E-state index in [1.54, 1.807) is 19.1 Å². The van der Waals surface area contributed by atoms with E-state index in [2.05, 4.69) is 5.32 Å². The first-order chi connectivity index (χ1) is 18.7. The van der Waals surface area contributed by atoms with Crippen LogP contribution in [0, 0.1) is 6.92 Å². The lowest BCUT2D eigenvalue weighted by Gasteiger charge is -2.33. The zero-order valence-corrected chi connectivity index (χ0v) is 25.2. The minimum Gasteiger partial charge on any atom is -0.497 e. The molecule has 3 aromatic carbocycles. The number of amides is 2. The molecule has 0 heterocycles. The molecule has 40 heavy (non-hydrogen) atoms. The van der Waals surface area contributed by atoms with Crippen molar-refractivity contribution in [2.45, 2.75) is 57.6 Å². The number of aryl methyl sites for hydroxylation is 1. The summed E-state index contributed by atoms with van der Waals surface area (Å²) in [4.78, 5) is 28.5. The van der Waals surface area contributed by atoms with Gasteiger partial charge in [0.25, 0.3) is 10.0 Å². The molecule has 1 atom stereocenters. The minimum atomic E-state index is -4.19. The third-order valence-corrected chi connectivity index (χ3v) is 8.22. The molecule has 0 aliphatic rings. The molecule has 0 aliphatic carbocycles. The van der Waals surface area contributed by atoms with Crippen LogP contribution in [0.2, 0.25) is 5.02 Å². The van der Waals surface area contributed by atoms with Gasteiger partial charge in [0.1, 0.15) is 18.3 Å². The molecular formula is C30H36ClN3O5S. The summed E-state index contributed by atoms with van der Waals surface area (Å²) in [6.45, 7) is 8.75. The van der Waals surface area contributed by atoms with Crippen molar-refractivity contribution >= 4 is 39.1 Å². The van der Waals surface area contributed by atoms with Gasteiger partial charge in [0.05, 0.1) is 17.7 Å². The number of rotatable bonds is 10. The van der Waals surface area contributed by atoms with Gasteiger partial charge in [-0.05, 0) is 88.7 Å². The number of nitrogens with zero attached hydrogens (tertiary/aromatic N) is 2. The second-order valence-corrected chi connectivity index (χ2v) is 12.9. The van der Waals surface area contributed by atoms with Crippen LogP contribution in [0.15, 0.2) is 77.7 Å². The second-order valence-electron chi connectivity index (χ2n) is 10.6. The van der Waals surface area contributed by atoms with Gasteiger partial charge in [-0.25, -0.2) is 8.42 Å². The number of benzene rings is 3. The van der Waals surface area contributed by atoms with E-state index >= 15 is 0 Å². The number of ether oxygens (including phenoxy) is 1. The van der Waals surface area contributed by atoms with E-state index < -0.39 is 34.1 Å². The van der Waals surface area contributed by atoms with E-state index in [1.165, 1.54) is 48.4 Å². The van der Waals surface area contributed by atoms with Crippen molar-refractivity contribution in [2.75, 3.05) is 18.0 Å². The summed E-state index contributed by atoms with van der Waals surface area (Å²) < 4.78 is 33.9. The molecule has 3 aromatic rings. The van der Waals surface area contributed by atoms with Gasteiger partial charge in [-0.3, -0.25) is 13.9 Å². The topological polar surface area (TPSA) is 96.0 Å². The van der Waals surface area contributed by atoms with E-state index in [0.717, 1.165) is 15.4 Å². The van der Waals surface area contributed by atoms with Gasteiger partial charge in [0, 0.05) is 17.1 Å². The maximum Gasteiger partial charge on any atom is 0.264 e. The van der Waals surface area contributed by atoms with Crippen LogP contribution >= 0.6 is 11.6 Å². The molecule has 1 N–H and O–H groups in total. The van der Waals surface area contributed by atoms with E-state index in [4.69, 9.17) is 16.3 Å². The molecule has 0 aliphatic heterocycles. The molecule has 0 spiro atoms. The molecule has 3 rings (SSSR count). The largest absolute Gasteiger partial charge is 0.497 e. The average molecular weight is 586 g/mol. The fraction of sp³-hybridized carbons (Fsp3) is 0.333. The van der Waals surface area contributed by atoms with Crippen molar-refractivity contribution in [3.8, 4) is 5.75 Å². The lowest BCUT2D eigenvalue weighted by atomic mass is 10.1. The molecule has 0 unspecified atom stereocenters. The predicted molar refractivity (Wildman–Crippen MR) is 158 cm³/mol. The van der Waals surface area contributed by atoms with Crippen LogP contribution in [0.5, 0.6) is 5.75 Å². The summed E-state index contributed by atoms with van der Waals surface area (Å²) in [5.41, 5.74) is 1.61. The number of hydrogen-bond acceptors (Lipinski definition) is 5. The van der Waals surface area contributed by atoms with Crippen LogP contribution in [0.3, 0.4) is 0 Å². The summed E-state index contributed by atoms with van der Waals surface area (Å²) >= 11 is 6.07. The van der Waals surface area contributed by atoms with E-state index in [0.29, 0.717) is 10.8 Å². The van der Waals surface area contributed by atoms with Gasteiger partial charge < -0.3 is 15.0 Å². The van der Waals surface area contributed by atoms with E-state index in [-0.39, 0.29) is 23.0 Å². The number of carbonyl (C=O) groups excluding carboxylic acids is 2. The quantitative estimate of drug-likeness (QED) is 0.353. The lowest BCUT2D eigenvalue weighted by molar-refractivity contribution is -0.140. The molecule has 0 aromatic heterocycles. The molecule has 0 saturated heterocycles. The Hall–Kier alpha value is -3.56. The summed E-state index contributed by atoms with van der Waals surface area (Å²) in [5.74, 6) is -0.385. The first kappa shape index (κ1) is 31.0. The van der Waals surface area contributed by atoms with Crippen LogP contribution in [-0.4, -0.2) is 50.4 Å². The van der Waals surface area contributed by atoms with Crippen LogP contribution in [0.25, 0.3) is 0 Å². The smallest absolute Gasteiger partial charge is 0.264 e. The first-order valence-electron chi connectivity index (χ1n) is 12.8. The van der Waals surface area contributed by atoms with E-state index in [9.17, 15) is 18.0 Å². The molecule has 0 saturated carbocycles. The maximum absolute atomic E-state index is 13.9. The highest BCUT2D eigenvalue weighted by Gasteiger charge is 2.33. The van der Waals surface area contributed by atoms with Crippen LogP contribution in [0.4, 0.5) is 5.69 Å². The van der Waals surface area contributed by atoms with E-state index in [1.807, 2.05) is 52.0 Å². The van der Waals surface area contributed by atoms with Gasteiger partial charge in [-0.2, -0.15) is 0 Å². The fourth-order valence-electron chi connectivity index (χ4n) is 3.96. The average Bonchev–Trinajstić information content (AvgIpc) is 2.90. The molecule has 10 heteroatoms. The number of hydrogen-bond donors (Lipinski definition) is 1. The summed E-state index contributed by atoms with van der Waals surface area (Å²) in [5, 5.41) is 3.34. The van der Waals surface area contributed by atoms with Crippen molar-refractivity contribution in [3.63, 3.8) is 0 Å². The van der Waals surface area contributed by atoms with Gasteiger partial charge in [0.15, 0.2) is 0 Å². The third-order valence-electron chi connectivity index (χ3n) is 6.18. The van der Waals surface area contributed by atoms with Gasteiger partial charge in [0.2, 0.25) is 11.8 Å². The standard InChI is InChI=1S/C30H36ClN3O5S/c1-21-7-9-23(10-8-21)19-33(22(2)29(36)32-30(3,4)5)28(35)20-34(25-13-11-24(31)12-14-25)40(37,38)27-17-15-26(39-6)16-18-27/h7-18,22H,19-20H2,1-6H3,(H,32,36)/t22-/m1/s1. The molecular weight excluding hydrogens is 550 g/mol. The normalized spacial score (nSPS) is 12.4. The third kappa shape index (κ3) is 7.99. The highest BCUT2D eigenvalue weighted by atomic mass is 35.5. The number of carbonyl (C=O) groups is 2. The predicted octanol–water partition coefficient (Wildman–Crippen LogP) is 5.18. The van der Waals surface area contributed by atoms with Gasteiger partial charge in [-0.1, -0.05) is 41.4 Å². The van der Waals surface area contributed by atoms with Crippen molar-refractivity contribution in [1.82, 2.24) is 10.2 Å². The van der Waals surface area contributed by atoms with Gasteiger partial charge in [-0.15, -0.1) is 0 Å². The van der Waals surface area contributed by atoms with Crippen molar-refractivity contribution in [2.24, 2.45) is 0 Å². The van der Waals surface area contributed by atoms with Crippen molar-refractivity contribution in [1.29, 1.82) is 0 Å². The Kier molecular flexibility index (Phi) is 9.87. The zero-order chi connectivity index (χ0) is 29.7. The fourth-order valence-corrected chi connectivity index (χ4v) is 5.50. The molecule has 0 fully saturated rings. The molecule has 2 amide bonds. The van der Waals surface area contributed by atoms with Gasteiger partial charge >= 0.3 is 0 Å². The summed E-state index contributed by atoms with van der Waals surface area (Å²) in [6.07, 6.45) is 0. The SMILES string of the molecule is COc1ccc(S(=O)(=O)N(CC(=O)N(Cc2ccc(C)cc2)[C@H](C)C(=O)NC(C)(C)C)c2ccc(Cl)cc2)cc1. The molecule has 0 radical (unpaired) electrons. The monoisotopic (exact) mass is 585 g/mol. The summed E-state index contributed by atoms with van der Waals surface area (Å²) in [7, 11) is -2.70. The molecule has 0 bridgehead atoms. The zero-order valence-electron chi connectivity index (χ0n) is 23.6. The van der Waals surface area contributed by atoms with Crippen molar-refractivity contribution < 1.29 is 22.7 Å². The molecule has 8 nitrogen and oxygen atoms in total. The minimum absolute atomic E-state index is 0.0142. The molecule has 214 valence electrons. The van der Waals surface area contributed by atoms with Crippen LogP contribution in [-0.2, 0) is 26.2 Å². The number of halogens is 1. The Morgan fingerprint density at radius 3 is 2.05 bits per heavy atom. The lowest BCUT2D eigenvalue weighted by Crippen LogP contribution is -2.54. The number of anilines is 1. The number of nitrogens with one attached hydrogen (secondary N) is 1. The Labute approximate surface area is 241 Å². The highest BCUT2D eigenvalue weighted by Crippen LogP contribution is 2.27.